The molecule has 6 amide bonds. The average molecular weight is 549 g/mol. The molecule has 10 heteroatoms. The van der Waals surface area contributed by atoms with E-state index in [9.17, 15) is 29.4 Å². The molecular formula is C31H24N4O6. The Labute approximate surface area is 234 Å². The first-order valence-corrected chi connectivity index (χ1v) is 12.8. The maximum Gasteiger partial charge on any atom is 0.336 e. The van der Waals surface area contributed by atoms with Crippen LogP contribution in [-0.4, -0.2) is 47.2 Å². The summed E-state index contributed by atoms with van der Waals surface area (Å²) in [4.78, 5) is 56.0. The van der Waals surface area contributed by atoms with E-state index < -0.39 is 12.1 Å². The standard InChI is InChI=1S/C31H24N4O6/c36-26-5-1-3-24(16-26)34-28(38)18-32(30(34)40)22-11-7-20(8-12-22)15-21-9-13-23(14-10-21)33-19-29(39)35(31(33)41)25-4-2-6-27(37)17-25/h1-14,16-17,36-37H,15,18-19H2. The van der Waals surface area contributed by atoms with Crippen molar-refractivity contribution >= 4 is 46.6 Å². The zero-order valence-corrected chi connectivity index (χ0v) is 21.7. The van der Waals surface area contributed by atoms with Gasteiger partial charge in [0.15, 0.2) is 0 Å². The van der Waals surface area contributed by atoms with E-state index in [1.165, 1.54) is 34.1 Å². The van der Waals surface area contributed by atoms with E-state index in [4.69, 9.17) is 0 Å². The molecule has 204 valence electrons. The number of hydrogen-bond donors (Lipinski definition) is 2. The lowest BCUT2D eigenvalue weighted by Crippen LogP contribution is -2.32. The summed E-state index contributed by atoms with van der Waals surface area (Å²) in [6.07, 6.45) is 0.588. The summed E-state index contributed by atoms with van der Waals surface area (Å²) in [6, 6.07) is 25.7. The van der Waals surface area contributed by atoms with Crippen LogP contribution in [0.4, 0.5) is 32.3 Å². The molecule has 0 atom stereocenters. The van der Waals surface area contributed by atoms with Crippen LogP contribution in [0.25, 0.3) is 0 Å². The molecule has 0 saturated carbocycles. The molecule has 41 heavy (non-hydrogen) atoms. The van der Waals surface area contributed by atoms with Crippen molar-refractivity contribution in [2.24, 2.45) is 0 Å². The highest BCUT2D eigenvalue weighted by molar-refractivity contribution is 6.27. The van der Waals surface area contributed by atoms with Gasteiger partial charge in [0.2, 0.25) is 0 Å². The fraction of sp³-hybridized carbons (Fsp3) is 0.0968. The number of benzene rings is 4. The molecule has 2 heterocycles. The van der Waals surface area contributed by atoms with Gasteiger partial charge >= 0.3 is 12.1 Å². The Bertz CT molecular complexity index is 1560. The largest absolute Gasteiger partial charge is 0.508 e. The predicted octanol–water partition coefficient (Wildman–Crippen LogP) is 4.64. The van der Waals surface area contributed by atoms with Gasteiger partial charge in [-0.3, -0.25) is 19.4 Å². The number of imide groups is 2. The van der Waals surface area contributed by atoms with Crippen molar-refractivity contribution in [3.63, 3.8) is 0 Å². The van der Waals surface area contributed by atoms with Crippen molar-refractivity contribution < 1.29 is 29.4 Å². The number of phenolic OH excluding ortho intramolecular Hbond substituents is 2. The highest BCUT2D eigenvalue weighted by Gasteiger charge is 2.39. The summed E-state index contributed by atoms with van der Waals surface area (Å²) < 4.78 is 0. The summed E-state index contributed by atoms with van der Waals surface area (Å²) in [5, 5.41) is 19.5. The van der Waals surface area contributed by atoms with Crippen molar-refractivity contribution in [1.29, 1.82) is 0 Å². The fourth-order valence-corrected chi connectivity index (χ4v) is 5.00. The number of nitrogens with zero attached hydrogens (tertiary/aromatic N) is 4. The van der Waals surface area contributed by atoms with E-state index in [1.54, 1.807) is 48.5 Å². The van der Waals surface area contributed by atoms with Crippen LogP contribution in [0.3, 0.4) is 0 Å². The topological polar surface area (TPSA) is 122 Å². The molecule has 0 unspecified atom stereocenters. The van der Waals surface area contributed by atoms with Gasteiger partial charge < -0.3 is 10.2 Å². The van der Waals surface area contributed by atoms with Gasteiger partial charge in [-0.05, 0) is 66.1 Å². The first kappa shape index (κ1) is 25.6. The van der Waals surface area contributed by atoms with E-state index in [0.717, 1.165) is 20.9 Å². The Morgan fingerprint density at radius 1 is 0.512 bits per heavy atom. The average Bonchev–Trinajstić information content (AvgIpc) is 3.43. The van der Waals surface area contributed by atoms with Crippen molar-refractivity contribution in [3.05, 3.63) is 108 Å². The molecule has 2 aliphatic heterocycles. The van der Waals surface area contributed by atoms with Crippen LogP contribution in [-0.2, 0) is 16.0 Å². The number of rotatable bonds is 6. The molecule has 0 aromatic heterocycles. The molecule has 0 radical (unpaired) electrons. The molecule has 10 nitrogen and oxygen atoms in total. The lowest BCUT2D eigenvalue weighted by molar-refractivity contribution is -0.116. The molecule has 2 fully saturated rings. The second kappa shape index (κ2) is 10.2. The highest BCUT2D eigenvalue weighted by atomic mass is 16.3. The van der Waals surface area contributed by atoms with Crippen LogP contribution < -0.4 is 19.6 Å². The van der Waals surface area contributed by atoms with Crippen LogP contribution in [0.2, 0.25) is 0 Å². The lowest BCUT2D eigenvalue weighted by atomic mass is 10.0. The number of carbonyl (C=O) groups is 4. The van der Waals surface area contributed by atoms with Gasteiger partial charge in [-0.1, -0.05) is 36.4 Å². The SMILES string of the molecule is O=C1CN(c2ccc(Cc3ccc(N4CC(=O)N(c5cccc(O)c5)C4=O)cc3)cc2)C(=O)N1c1cccc(O)c1. The first-order valence-electron chi connectivity index (χ1n) is 12.8. The van der Waals surface area contributed by atoms with Crippen molar-refractivity contribution in [3.8, 4) is 11.5 Å². The summed E-state index contributed by atoms with van der Waals surface area (Å²) in [7, 11) is 0. The number of aromatic hydroxyl groups is 2. The molecule has 6 rings (SSSR count). The number of amides is 6. The van der Waals surface area contributed by atoms with Gasteiger partial charge in [-0.25, -0.2) is 19.4 Å². The van der Waals surface area contributed by atoms with Crippen LogP contribution in [0.15, 0.2) is 97.1 Å². The summed E-state index contributed by atoms with van der Waals surface area (Å²) in [5.74, 6) is -0.828. The van der Waals surface area contributed by atoms with Crippen LogP contribution in [0.1, 0.15) is 11.1 Å². The quantitative estimate of drug-likeness (QED) is 0.339. The lowest BCUT2D eigenvalue weighted by Gasteiger charge is -2.18. The van der Waals surface area contributed by atoms with Crippen molar-refractivity contribution in [2.45, 2.75) is 6.42 Å². The number of urea groups is 2. The Balaban J connectivity index is 1.12. The second-order valence-corrected chi connectivity index (χ2v) is 9.75. The second-order valence-electron chi connectivity index (χ2n) is 9.75. The Kier molecular flexibility index (Phi) is 6.35. The van der Waals surface area contributed by atoms with Gasteiger partial charge in [-0.15, -0.1) is 0 Å². The Hall–Kier alpha value is -5.64. The first-order chi connectivity index (χ1) is 19.8. The van der Waals surface area contributed by atoms with Gasteiger partial charge in [0.05, 0.1) is 11.4 Å². The third-order valence-corrected chi connectivity index (χ3v) is 7.01. The zero-order chi connectivity index (χ0) is 28.7. The Morgan fingerprint density at radius 3 is 1.27 bits per heavy atom. The van der Waals surface area contributed by atoms with E-state index in [-0.39, 0.29) is 36.4 Å². The van der Waals surface area contributed by atoms with Crippen LogP contribution in [0, 0.1) is 0 Å². The minimum absolute atomic E-state index is 0.0326. The maximum absolute atomic E-state index is 13.0. The Morgan fingerprint density at radius 2 is 0.902 bits per heavy atom. The molecule has 2 saturated heterocycles. The van der Waals surface area contributed by atoms with Gasteiger partial charge in [0, 0.05) is 23.5 Å². The normalized spacial score (nSPS) is 15.4. The van der Waals surface area contributed by atoms with E-state index in [1.807, 2.05) is 24.3 Å². The minimum atomic E-state index is -0.485. The third kappa shape index (κ3) is 4.82. The zero-order valence-electron chi connectivity index (χ0n) is 21.7. The monoisotopic (exact) mass is 548 g/mol. The maximum atomic E-state index is 13.0. The van der Waals surface area contributed by atoms with E-state index in [0.29, 0.717) is 29.2 Å². The molecule has 4 aromatic rings. The van der Waals surface area contributed by atoms with Crippen LogP contribution in [0.5, 0.6) is 11.5 Å². The molecule has 2 N–H and O–H groups in total. The summed E-state index contributed by atoms with van der Waals surface area (Å²) >= 11 is 0. The molecular weight excluding hydrogens is 524 g/mol. The predicted molar refractivity (Wildman–Crippen MR) is 152 cm³/mol. The molecule has 4 aromatic carbocycles. The van der Waals surface area contributed by atoms with Gasteiger partial charge in [0.25, 0.3) is 11.8 Å². The van der Waals surface area contributed by atoms with Crippen LogP contribution >= 0.6 is 0 Å². The third-order valence-electron chi connectivity index (χ3n) is 7.01. The fourth-order valence-electron chi connectivity index (χ4n) is 5.00. The summed E-state index contributed by atoms with van der Waals surface area (Å²) in [5.41, 5.74) is 3.75. The van der Waals surface area contributed by atoms with Crippen molar-refractivity contribution in [2.75, 3.05) is 32.7 Å². The van der Waals surface area contributed by atoms with Gasteiger partial charge in [0.1, 0.15) is 24.6 Å². The summed E-state index contributed by atoms with van der Waals surface area (Å²) in [6.45, 7) is -0.203. The molecule has 0 spiro atoms. The number of phenols is 2. The number of anilines is 4. The van der Waals surface area contributed by atoms with E-state index in [2.05, 4.69) is 0 Å². The molecule has 0 aliphatic carbocycles. The smallest absolute Gasteiger partial charge is 0.336 e. The molecule has 0 bridgehead atoms. The van der Waals surface area contributed by atoms with Crippen molar-refractivity contribution in [1.82, 2.24) is 0 Å². The van der Waals surface area contributed by atoms with E-state index >= 15 is 0 Å². The highest BCUT2D eigenvalue weighted by Crippen LogP contribution is 2.30. The van der Waals surface area contributed by atoms with Gasteiger partial charge in [-0.2, -0.15) is 0 Å². The number of carbonyl (C=O) groups excluding carboxylic acids is 4. The minimum Gasteiger partial charge on any atom is -0.508 e. The number of hydrogen-bond acceptors (Lipinski definition) is 6. The molecule has 2 aliphatic rings.